The summed E-state index contributed by atoms with van der Waals surface area (Å²) in [4.78, 5) is 4.02. The van der Waals surface area contributed by atoms with Crippen LogP contribution in [0.15, 0.2) is 42.6 Å². The minimum atomic E-state index is -0.320. The van der Waals surface area contributed by atoms with Gasteiger partial charge < -0.3 is 10.6 Å². The number of anilines is 2. The van der Waals surface area contributed by atoms with Gasteiger partial charge in [0.25, 0.3) is 0 Å². The Balaban J connectivity index is 0.00000161. The van der Waals surface area contributed by atoms with Crippen LogP contribution in [0.3, 0.4) is 0 Å². The van der Waals surface area contributed by atoms with Crippen LogP contribution in [-0.2, 0) is 0 Å². The molecule has 1 aromatic carbocycles. The van der Waals surface area contributed by atoms with E-state index >= 15 is 0 Å². The molecule has 0 unspecified atom stereocenters. The van der Waals surface area contributed by atoms with Crippen molar-refractivity contribution >= 4 is 23.9 Å². The zero-order valence-corrected chi connectivity index (χ0v) is 12.5. The molecule has 1 aliphatic heterocycles. The quantitative estimate of drug-likeness (QED) is 0.904. The lowest BCUT2D eigenvalue weighted by Crippen LogP contribution is -2.26. The minimum Gasteiger partial charge on any atom is -0.340 e. The minimum absolute atomic E-state index is 0. The third-order valence-corrected chi connectivity index (χ3v) is 3.70. The highest BCUT2D eigenvalue weighted by molar-refractivity contribution is 5.85. The first-order valence-corrected chi connectivity index (χ1v) is 7.00. The fraction of sp³-hybridized carbons (Fsp3) is 0.312. The lowest BCUT2D eigenvalue weighted by Gasteiger charge is -2.23. The van der Waals surface area contributed by atoms with Gasteiger partial charge in [0.15, 0.2) is 0 Å². The molecule has 112 valence electrons. The van der Waals surface area contributed by atoms with E-state index in [-0.39, 0.29) is 18.2 Å². The molecule has 0 spiro atoms. The topological polar surface area (TPSA) is 37.0 Å². The van der Waals surface area contributed by atoms with E-state index in [2.05, 4.69) is 33.8 Å². The predicted octanol–water partition coefficient (Wildman–Crippen LogP) is 3.85. The van der Waals surface area contributed by atoms with Gasteiger partial charge in [-0.25, -0.2) is 9.37 Å². The summed E-state index contributed by atoms with van der Waals surface area (Å²) in [6.07, 6.45) is 3.58. The molecular formula is C16H19ClFN3. The summed E-state index contributed by atoms with van der Waals surface area (Å²) >= 11 is 0. The normalized spacial score (nSPS) is 15.3. The number of aromatic nitrogens is 1. The van der Waals surface area contributed by atoms with Crippen LogP contribution in [0.4, 0.5) is 15.9 Å². The lowest BCUT2D eigenvalue weighted by atomic mass is 9.90. The third-order valence-electron chi connectivity index (χ3n) is 3.70. The van der Waals surface area contributed by atoms with Crippen LogP contribution >= 0.6 is 12.4 Å². The van der Waals surface area contributed by atoms with E-state index in [1.54, 1.807) is 6.07 Å². The van der Waals surface area contributed by atoms with Crippen molar-refractivity contribution in [1.82, 2.24) is 10.3 Å². The molecule has 5 heteroatoms. The van der Waals surface area contributed by atoms with Crippen LogP contribution in [0.5, 0.6) is 0 Å². The van der Waals surface area contributed by atoms with Gasteiger partial charge >= 0.3 is 0 Å². The van der Waals surface area contributed by atoms with Gasteiger partial charge in [-0.2, -0.15) is 0 Å². The second-order valence-corrected chi connectivity index (χ2v) is 5.14. The number of nitrogens with zero attached hydrogens (tertiary/aromatic N) is 1. The summed E-state index contributed by atoms with van der Waals surface area (Å²) in [5.41, 5.74) is 2.36. The highest BCUT2D eigenvalue weighted by Gasteiger charge is 2.15. The standard InChI is InChI=1S/C16H18FN3.ClH/c17-14-4-5-16(19-11-14)20-15-3-1-2-13(10-15)12-6-8-18-9-7-12;/h1-5,10-12,18H,6-9H2,(H,19,20);1H. The number of hydrogen-bond acceptors (Lipinski definition) is 3. The first kappa shape index (κ1) is 15.7. The van der Waals surface area contributed by atoms with Crippen LogP contribution in [0, 0.1) is 5.82 Å². The lowest BCUT2D eigenvalue weighted by molar-refractivity contribution is 0.460. The fourth-order valence-corrected chi connectivity index (χ4v) is 2.62. The Hall–Kier alpha value is -1.65. The fourth-order valence-electron chi connectivity index (χ4n) is 2.62. The molecule has 1 aliphatic rings. The van der Waals surface area contributed by atoms with Crippen LogP contribution < -0.4 is 10.6 Å². The number of benzene rings is 1. The summed E-state index contributed by atoms with van der Waals surface area (Å²) < 4.78 is 12.8. The van der Waals surface area contributed by atoms with Crippen molar-refractivity contribution in [1.29, 1.82) is 0 Å². The summed E-state index contributed by atoms with van der Waals surface area (Å²) in [7, 11) is 0. The molecule has 0 atom stereocenters. The first-order chi connectivity index (χ1) is 9.81. The molecule has 3 nitrogen and oxygen atoms in total. The number of hydrogen-bond donors (Lipinski definition) is 2. The molecular weight excluding hydrogens is 289 g/mol. The van der Waals surface area contributed by atoms with E-state index in [4.69, 9.17) is 0 Å². The zero-order valence-electron chi connectivity index (χ0n) is 11.7. The van der Waals surface area contributed by atoms with Crippen molar-refractivity contribution in [3.63, 3.8) is 0 Å². The molecule has 1 fully saturated rings. The summed E-state index contributed by atoms with van der Waals surface area (Å²) in [5, 5.41) is 6.60. The van der Waals surface area contributed by atoms with Crippen molar-refractivity contribution in [2.24, 2.45) is 0 Å². The smallest absolute Gasteiger partial charge is 0.141 e. The molecule has 1 aromatic heterocycles. The van der Waals surface area contributed by atoms with Crippen LogP contribution in [0.1, 0.15) is 24.3 Å². The van der Waals surface area contributed by atoms with Crippen molar-refractivity contribution in [3.8, 4) is 0 Å². The van der Waals surface area contributed by atoms with Gasteiger partial charge in [-0.1, -0.05) is 12.1 Å². The van der Waals surface area contributed by atoms with Crippen molar-refractivity contribution in [2.45, 2.75) is 18.8 Å². The van der Waals surface area contributed by atoms with Gasteiger partial charge in [0.2, 0.25) is 0 Å². The van der Waals surface area contributed by atoms with Gasteiger partial charge in [0, 0.05) is 5.69 Å². The molecule has 21 heavy (non-hydrogen) atoms. The Kier molecular flexibility index (Phi) is 5.53. The number of rotatable bonds is 3. The molecule has 2 N–H and O–H groups in total. The van der Waals surface area contributed by atoms with Crippen molar-refractivity contribution in [3.05, 3.63) is 54.0 Å². The number of piperidine rings is 1. The Morgan fingerprint density at radius 2 is 1.95 bits per heavy atom. The zero-order chi connectivity index (χ0) is 13.8. The van der Waals surface area contributed by atoms with E-state index in [9.17, 15) is 4.39 Å². The molecule has 2 aromatic rings. The van der Waals surface area contributed by atoms with Crippen LogP contribution in [-0.4, -0.2) is 18.1 Å². The van der Waals surface area contributed by atoms with Crippen LogP contribution in [0.25, 0.3) is 0 Å². The van der Waals surface area contributed by atoms with E-state index in [0.717, 1.165) is 18.8 Å². The molecule has 2 heterocycles. The summed E-state index contributed by atoms with van der Waals surface area (Å²) in [5.74, 6) is 0.965. The SMILES string of the molecule is Cl.Fc1ccc(Nc2cccc(C3CCNCC3)c2)nc1. The molecule has 0 radical (unpaired) electrons. The molecule has 0 bridgehead atoms. The third kappa shape index (κ3) is 4.16. The molecule has 0 saturated carbocycles. The van der Waals surface area contributed by atoms with Crippen molar-refractivity contribution in [2.75, 3.05) is 18.4 Å². The van der Waals surface area contributed by atoms with Gasteiger partial charge in [-0.15, -0.1) is 12.4 Å². The molecule has 0 aliphatic carbocycles. The van der Waals surface area contributed by atoms with Gasteiger partial charge in [0.1, 0.15) is 11.6 Å². The maximum Gasteiger partial charge on any atom is 0.141 e. The van der Waals surface area contributed by atoms with Gasteiger partial charge in [0.05, 0.1) is 6.20 Å². The highest BCUT2D eigenvalue weighted by Crippen LogP contribution is 2.27. The summed E-state index contributed by atoms with van der Waals surface area (Å²) in [6.45, 7) is 2.17. The monoisotopic (exact) mass is 307 g/mol. The highest BCUT2D eigenvalue weighted by atomic mass is 35.5. The van der Waals surface area contributed by atoms with Crippen molar-refractivity contribution < 1.29 is 4.39 Å². The molecule has 3 rings (SSSR count). The van der Waals surface area contributed by atoms with E-state index < -0.39 is 0 Å². The average molecular weight is 308 g/mol. The Morgan fingerprint density at radius 3 is 2.67 bits per heavy atom. The summed E-state index contributed by atoms with van der Waals surface area (Å²) in [6, 6.07) is 11.5. The second kappa shape index (κ2) is 7.38. The number of nitrogens with one attached hydrogen (secondary N) is 2. The largest absolute Gasteiger partial charge is 0.340 e. The second-order valence-electron chi connectivity index (χ2n) is 5.14. The van der Waals surface area contributed by atoms with Gasteiger partial charge in [-0.05, 0) is 61.7 Å². The van der Waals surface area contributed by atoms with E-state index in [1.807, 2.05) is 6.07 Å². The van der Waals surface area contributed by atoms with E-state index in [0.29, 0.717) is 11.7 Å². The van der Waals surface area contributed by atoms with Gasteiger partial charge in [-0.3, -0.25) is 0 Å². The number of pyridine rings is 1. The Bertz CT molecular complexity index is 568. The molecule has 1 saturated heterocycles. The molecule has 0 amide bonds. The maximum atomic E-state index is 12.8. The predicted molar refractivity (Wildman–Crippen MR) is 86.0 cm³/mol. The first-order valence-electron chi connectivity index (χ1n) is 7.00. The maximum absolute atomic E-state index is 12.8. The average Bonchev–Trinajstić information content (AvgIpc) is 2.51. The number of halogens is 2. The van der Waals surface area contributed by atoms with E-state index in [1.165, 1.54) is 30.7 Å². The Labute approximate surface area is 130 Å². The van der Waals surface area contributed by atoms with Crippen LogP contribution in [0.2, 0.25) is 0 Å². The Morgan fingerprint density at radius 1 is 1.14 bits per heavy atom.